The van der Waals surface area contributed by atoms with Crippen LogP contribution in [-0.4, -0.2) is 9.55 Å². The molecule has 1 heterocycles. The summed E-state index contributed by atoms with van der Waals surface area (Å²) in [6, 6.07) is 21.4. The van der Waals surface area contributed by atoms with Gasteiger partial charge in [0.05, 0.1) is 16.6 Å². The smallest absolute Gasteiger partial charge is 0.266 e. The van der Waals surface area contributed by atoms with Gasteiger partial charge in [0.25, 0.3) is 5.56 Å². The van der Waals surface area contributed by atoms with Crippen LogP contribution < -0.4 is 5.56 Å². The van der Waals surface area contributed by atoms with Crippen LogP contribution in [-0.2, 0) is 0 Å². The van der Waals surface area contributed by atoms with Gasteiger partial charge in [-0.3, -0.25) is 9.36 Å². The first kappa shape index (κ1) is 19.5. The summed E-state index contributed by atoms with van der Waals surface area (Å²) in [6.07, 6.45) is 3.84. The Labute approximate surface area is 192 Å². The fourth-order valence-corrected chi connectivity index (χ4v) is 4.08. The molecule has 0 amide bonds. The fraction of sp³-hybridized carbons (Fsp3) is 0. The highest BCUT2D eigenvalue weighted by atomic mass is 127. The third-order valence-electron chi connectivity index (χ3n) is 4.21. The maximum Gasteiger partial charge on any atom is 0.266 e. The summed E-state index contributed by atoms with van der Waals surface area (Å²) in [5, 5.41) is 0.606. The fourth-order valence-electron chi connectivity index (χ4n) is 2.91. The largest absolute Gasteiger partial charge is 0.268 e. The van der Waals surface area contributed by atoms with Gasteiger partial charge in [0.15, 0.2) is 0 Å². The van der Waals surface area contributed by atoms with E-state index in [1.807, 2.05) is 78.9 Å². The van der Waals surface area contributed by atoms with E-state index in [0.717, 1.165) is 23.8 Å². The number of hydrogen-bond donors (Lipinski definition) is 0. The first-order valence-electron chi connectivity index (χ1n) is 8.43. The molecule has 0 saturated heterocycles. The number of rotatable bonds is 3. The summed E-state index contributed by atoms with van der Waals surface area (Å²) in [6.45, 7) is 0. The molecule has 0 spiro atoms. The van der Waals surface area contributed by atoms with Crippen molar-refractivity contribution in [3.05, 3.63) is 101 Å². The maximum absolute atomic E-state index is 13.3. The molecular formula is C22H13Br2IN2O. The molecule has 0 fully saturated rings. The van der Waals surface area contributed by atoms with E-state index < -0.39 is 0 Å². The standard InChI is InChI=1S/C22H13Br2IN2O/c23-15-5-8-18(9-6-15)27-21(11-4-14-2-1-3-16(24)12-14)26-20-10-7-17(25)13-19(20)22(27)28/h1-13H/b11-4+. The highest BCUT2D eigenvalue weighted by Gasteiger charge is 2.11. The molecule has 28 heavy (non-hydrogen) atoms. The van der Waals surface area contributed by atoms with Crippen molar-refractivity contribution in [1.82, 2.24) is 9.55 Å². The van der Waals surface area contributed by atoms with Gasteiger partial charge in [0, 0.05) is 12.5 Å². The Hall–Kier alpha value is -1.77. The highest BCUT2D eigenvalue weighted by molar-refractivity contribution is 14.1. The van der Waals surface area contributed by atoms with Crippen LogP contribution in [0.5, 0.6) is 0 Å². The average Bonchev–Trinajstić information content (AvgIpc) is 2.68. The molecule has 0 unspecified atom stereocenters. The third kappa shape index (κ3) is 4.14. The van der Waals surface area contributed by atoms with Gasteiger partial charge in [-0.1, -0.05) is 50.1 Å². The second-order valence-electron chi connectivity index (χ2n) is 6.14. The first-order valence-corrected chi connectivity index (χ1v) is 11.1. The summed E-state index contributed by atoms with van der Waals surface area (Å²) >= 11 is 9.15. The SMILES string of the molecule is O=c1c2cc(I)ccc2nc(/C=C/c2cccc(Br)c2)n1-c1ccc(Br)cc1. The lowest BCUT2D eigenvalue weighted by atomic mass is 10.2. The Kier molecular flexibility index (Phi) is 5.80. The van der Waals surface area contributed by atoms with E-state index in [4.69, 9.17) is 4.98 Å². The predicted octanol–water partition coefficient (Wildman–Crippen LogP) is 6.69. The highest BCUT2D eigenvalue weighted by Crippen LogP contribution is 2.20. The van der Waals surface area contributed by atoms with Crippen LogP contribution >= 0.6 is 54.5 Å². The predicted molar refractivity (Wildman–Crippen MR) is 131 cm³/mol. The van der Waals surface area contributed by atoms with E-state index >= 15 is 0 Å². The Morgan fingerprint density at radius 2 is 1.68 bits per heavy atom. The Morgan fingerprint density at radius 3 is 2.43 bits per heavy atom. The van der Waals surface area contributed by atoms with Gasteiger partial charge in [-0.2, -0.15) is 0 Å². The number of aromatic nitrogens is 2. The zero-order valence-corrected chi connectivity index (χ0v) is 19.8. The number of benzene rings is 3. The molecule has 0 N–H and O–H groups in total. The molecule has 138 valence electrons. The van der Waals surface area contributed by atoms with Crippen molar-refractivity contribution in [2.75, 3.05) is 0 Å². The van der Waals surface area contributed by atoms with Crippen LogP contribution in [0.1, 0.15) is 11.4 Å². The topological polar surface area (TPSA) is 34.9 Å². The Morgan fingerprint density at radius 1 is 0.893 bits per heavy atom. The lowest BCUT2D eigenvalue weighted by Gasteiger charge is -2.12. The van der Waals surface area contributed by atoms with Crippen LogP contribution in [0.4, 0.5) is 0 Å². The molecule has 1 aromatic heterocycles. The molecule has 6 heteroatoms. The first-order chi connectivity index (χ1) is 13.5. The van der Waals surface area contributed by atoms with Crippen molar-refractivity contribution in [3.8, 4) is 5.69 Å². The molecule has 0 aliphatic carbocycles. The lowest BCUT2D eigenvalue weighted by molar-refractivity contribution is 0.943. The van der Waals surface area contributed by atoms with E-state index in [1.165, 1.54) is 0 Å². The van der Waals surface area contributed by atoms with Crippen molar-refractivity contribution in [3.63, 3.8) is 0 Å². The summed E-state index contributed by atoms with van der Waals surface area (Å²) in [4.78, 5) is 18.1. The number of halogens is 3. The van der Waals surface area contributed by atoms with Crippen molar-refractivity contribution in [1.29, 1.82) is 0 Å². The van der Waals surface area contributed by atoms with E-state index in [1.54, 1.807) is 4.57 Å². The van der Waals surface area contributed by atoms with Gasteiger partial charge in [-0.05, 0) is 88.8 Å². The molecule has 3 nitrogen and oxygen atoms in total. The minimum absolute atomic E-state index is 0.0836. The maximum atomic E-state index is 13.3. The molecule has 0 atom stereocenters. The van der Waals surface area contributed by atoms with Gasteiger partial charge in [0.1, 0.15) is 5.82 Å². The summed E-state index contributed by atoms with van der Waals surface area (Å²) < 4.78 is 4.61. The van der Waals surface area contributed by atoms with E-state index in [-0.39, 0.29) is 5.56 Å². The third-order valence-corrected chi connectivity index (χ3v) is 5.91. The minimum atomic E-state index is -0.0836. The Balaban J connectivity index is 1.95. The van der Waals surface area contributed by atoms with Crippen LogP contribution in [0.3, 0.4) is 0 Å². The molecule has 0 saturated carbocycles. The normalized spacial score (nSPS) is 11.4. The van der Waals surface area contributed by atoms with Crippen LogP contribution in [0, 0.1) is 3.57 Å². The van der Waals surface area contributed by atoms with Crippen LogP contribution in [0.2, 0.25) is 0 Å². The zero-order valence-electron chi connectivity index (χ0n) is 14.4. The van der Waals surface area contributed by atoms with Crippen molar-refractivity contribution >= 4 is 77.5 Å². The molecule has 3 aromatic carbocycles. The summed E-state index contributed by atoms with van der Waals surface area (Å²) in [5.41, 5.74) is 2.40. The molecule has 0 aliphatic rings. The number of nitrogens with zero attached hydrogens (tertiary/aromatic N) is 2. The quantitative estimate of drug-likeness (QED) is 0.243. The van der Waals surface area contributed by atoms with Gasteiger partial charge in [0.2, 0.25) is 0 Å². The second-order valence-corrected chi connectivity index (χ2v) is 9.21. The van der Waals surface area contributed by atoms with Gasteiger partial charge in [-0.15, -0.1) is 0 Å². The van der Waals surface area contributed by atoms with Crippen molar-refractivity contribution in [2.45, 2.75) is 0 Å². The average molecular weight is 608 g/mol. The molecular weight excluding hydrogens is 595 g/mol. The van der Waals surface area contributed by atoms with E-state index in [9.17, 15) is 4.79 Å². The van der Waals surface area contributed by atoms with Crippen LogP contribution in [0.25, 0.3) is 28.7 Å². The molecule has 4 aromatic rings. The number of fused-ring (bicyclic) bond motifs is 1. The van der Waals surface area contributed by atoms with E-state index in [0.29, 0.717) is 16.7 Å². The second kappa shape index (κ2) is 8.31. The van der Waals surface area contributed by atoms with Crippen molar-refractivity contribution < 1.29 is 0 Å². The van der Waals surface area contributed by atoms with E-state index in [2.05, 4.69) is 54.5 Å². The number of hydrogen-bond acceptors (Lipinski definition) is 2. The van der Waals surface area contributed by atoms with Crippen molar-refractivity contribution in [2.24, 2.45) is 0 Å². The van der Waals surface area contributed by atoms with Gasteiger partial charge in [-0.25, -0.2) is 4.98 Å². The molecule has 0 radical (unpaired) electrons. The lowest BCUT2D eigenvalue weighted by Crippen LogP contribution is -2.22. The van der Waals surface area contributed by atoms with Gasteiger partial charge >= 0.3 is 0 Å². The minimum Gasteiger partial charge on any atom is -0.268 e. The van der Waals surface area contributed by atoms with Crippen LogP contribution in [0.15, 0.2) is 80.5 Å². The van der Waals surface area contributed by atoms with Gasteiger partial charge < -0.3 is 0 Å². The monoisotopic (exact) mass is 606 g/mol. The Bertz CT molecular complexity index is 1260. The summed E-state index contributed by atoms with van der Waals surface area (Å²) in [7, 11) is 0. The zero-order chi connectivity index (χ0) is 19.7. The molecule has 0 bridgehead atoms. The molecule has 0 aliphatic heterocycles. The summed E-state index contributed by atoms with van der Waals surface area (Å²) in [5.74, 6) is 0.584. The molecule has 4 rings (SSSR count).